The molecule has 0 aliphatic rings. The second kappa shape index (κ2) is 5.29. The molecule has 5 nitrogen and oxygen atoms in total. The number of rotatable bonds is 3. The van der Waals surface area contributed by atoms with Crippen molar-refractivity contribution in [2.24, 2.45) is 5.84 Å². The standard InChI is InChI=1S/C14H10F2N4O/c15-8-5-9(16)7-10(6-8)21-13-11-3-1-2-4-12(11)18-14(19-13)20-17/h1-7H,17H2,(H,18,19,20). The molecule has 0 aliphatic heterocycles. The van der Waals surface area contributed by atoms with E-state index in [4.69, 9.17) is 10.6 Å². The summed E-state index contributed by atoms with van der Waals surface area (Å²) in [5.74, 6) is 4.12. The maximum Gasteiger partial charge on any atom is 0.241 e. The van der Waals surface area contributed by atoms with Crippen molar-refractivity contribution in [1.29, 1.82) is 0 Å². The van der Waals surface area contributed by atoms with Crippen molar-refractivity contribution < 1.29 is 13.5 Å². The Bertz CT molecular complexity index is 790. The van der Waals surface area contributed by atoms with Gasteiger partial charge in [-0.2, -0.15) is 4.98 Å². The first-order chi connectivity index (χ1) is 10.2. The molecule has 7 heteroatoms. The van der Waals surface area contributed by atoms with Crippen molar-refractivity contribution in [1.82, 2.24) is 9.97 Å². The fourth-order valence-electron chi connectivity index (χ4n) is 1.89. The van der Waals surface area contributed by atoms with Crippen LogP contribution >= 0.6 is 0 Å². The molecular formula is C14H10F2N4O. The molecule has 0 amide bonds. The molecule has 0 spiro atoms. The van der Waals surface area contributed by atoms with Gasteiger partial charge in [-0.25, -0.2) is 19.6 Å². The average molecular weight is 288 g/mol. The molecule has 1 aromatic heterocycles. The van der Waals surface area contributed by atoms with E-state index >= 15 is 0 Å². The number of hydrogen-bond acceptors (Lipinski definition) is 5. The van der Waals surface area contributed by atoms with Gasteiger partial charge in [0.1, 0.15) is 17.4 Å². The molecule has 0 saturated heterocycles. The van der Waals surface area contributed by atoms with E-state index in [1.165, 1.54) is 0 Å². The molecule has 0 bridgehead atoms. The molecule has 0 saturated carbocycles. The molecule has 0 fully saturated rings. The van der Waals surface area contributed by atoms with E-state index in [9.17, 15) is 8.78 Å². The molecule has 106 valence electrons. The molecule has 1 heterocycles. The number of benzene rings is 2. The van der Waals surface area contributed by atoms with Crippen molar-refractivity contribution in [2.75, 3.05) is 5.43 Å². The SMILES string of the molecule is NNc1nc(Oc2cc(F)cc(F)c2)c2ccccc2n1. The maximum atomic E-state index is 13.2. The quantitative estimate of drug-likeness (QED) is 0.572. The molecule has 0 radical (unpaired) electrons. The van der Waals surface area contributed by atoms with Crippen LogP contribution in [0, 0.1) is 11.6 Å². The number of para-hydroxylation sites is 1. The lowest BCUT2D eigenvalue weighted by molar-refractivity contribution is 0.456. The number of nitrogen functional groups attached to an aromatic ring is 1. The van der Waals surface area contributed by atoms with E-state index in [2.05, 4.69) is 15.4 Å². The second-order valence-electron chi connectivity index (χ2n) is 4.22. The normalized spacial score (nSPS) is 10.6. The molecule has 2 aromatic carbocycles. The predicted octanol–water partition coefficient (Wildman–Crippen LogP) is 2.99. The van der Waals surface area contributed by atoms with Crippen molar-refractivity contribution >= 4 is 16.9 Å². The summed E-state index contributed by atoms with van der Waals surface area (Å²) in [6.07, 6.45) is 0. The van der Waals surface area contributed by atoms with Crippen molar-refractivity contribution in [3.63, 3.8) is 0 Å². The predicted molar refractivity (Wildman–Crippen MR) is 73.8 cm³/mol. The van der Waals surface area contributed by atoms with Crippen LogP contribution in [0.3, 0.4) is 0 Å². The lowest BCUT2D eigenvalue weighted by Crippen LogP contribution is -2.11. The van der Waals surface area contributed by atoms with E-state index < -0.39 is 11.6 Å². The summed E-state index contributed by atoms with van der Waals surface area (Å²) in [4.78, 5) is 8.22. The van der Waals surface area contributed by atoms with Gasteiger partial charge in [-0.05, 0) is 12.1 Å². The zero-order valence-electron chi connectivity index (χ0n) is 10.7. The molecule has 0 atom stereocenters. The summed E-state index contributed by atoms with van der Waals surface area (Å²) in [7, 11) is 0. The third-order valence-electron chi connectivity index (χ3n) is 2.75. The highest BCUT2D eigenvalue weighted by Gasteiger charge is 2.10. The number of hydrazine groups is 1. The number of hydrogen-bond donors (Lipinski definition) is 2. The molecule has 3 aromatic rings. The van der Waals surface area contributed by atoms with E-state index in [-0.39, 0.29) is 17.6 Å². The van der Waals surface area contributed by atoms with Crippen LogP contribution < -0.4 is 16.0 Å². The Morgan fingerprint density at radius 1 is 1.00 bits per heavy atom. The van der Waals surface area contributed by atoms with Gasteiger partial charge in [0.2, 0.25) is 11.8 Å². The summed E-state index contributed by atoms with van der Waals surface area (Å²) >= 11 is 0. The van der Waals surface area contributed by atoms with Gasteiger partial charge >= 0.3 is 0 Å². The van der Waals surface area contributed by atoms with Gasteiger partial charge < -0.3 is 4.74 Å². The summed E-state index contributed by atoms with van der Waals surface area (Å²) < 4.78 is 31.9. The summed E-state index contributed by atoms with van der Waals surface area (Å²) in [6, 6.07) is 9.95. The van der Waals surface area contributed by atoms with Crippen LogP contribution in [0.15, 0.2) is 42.5 Å². The van der Waals surface area contributed by atoms with Gasteiger partial charge in [-0.3, -0.25) is 5.43 Å². The monoisotopic (exact) mass is 288 g/mol. The Kier molecular flexibility index (Phi) is 3.33. The third kappa shape index (κ3) is 2.72. The molecule has 0 unspecified atom stereocenters. The number of anilines is 1. The molecule has 3 N–H and O–H groups in total. The van der Waals surface area contributed by atoms with Crippen molar-refractivity contribution in [3.8, 4) is 11.6 Å². The number of fused-ring (bicyclic) bond motifs is 1. The topological polar surface area (TPSA) is 73.1 Å². The molecule has 21 heavy (non-hydrogen) atoms. The minimum absolute atomic E-state index is 0.000625. The Morgan fingerprint density at radius 2 is 1.71 bits per heavy atom. The van der Waals surface area contributed by atoms with Gasteiger partial charge in [-0.15, -0.1) is 0 Å². The minimum Gasteiger partial charge on any atom is -0.438 e. The van der Waals surface area contributed by atoms with E-state index in [1.807, 2.05) is 0 Å². The Hall–Kier alpha value is -2.80. The summed E-state index contributed by atoms with van der Waals surface area (Å²) in [5, 5.41) is 0.598. The van der Waals surface area contributed by atoms with E-state index in [0.717, 1.165) is 18.2 Å². The van der Waals surface area contributed by atoms with Crippen LogP contribution in [-0.4, -0.2) is 9.97 Å². The minimum atomic E-state index is -0.736. The lowest BCUT2D eigenvalue weighted by atomic mass is 10.2. The Labute approximate surface area is 118 Å². The third-order valence-corrected chi connectivity index (χ3v) is 2.75. The van der Waals surface area contributed by atoms with Crippen LogP contribution in [-0.2, 0) is 0 Å². The number of nitrogens with zero attached hydrogens (tertiary/aromatic N) is 2. The van der Waals surface area contributed by atoms with Crippen LogP contribution in [0.1, 0.15) is 0 Å². The van der Waals surface area contributed by atoms with Gasteiger partial charge in [0, 0.05) is 18.2 Å². The first kappa shape index (κ1) is 13.2. The number of nitrogens with one attached hydrogen (secondary N) is 1. The average Bonchev–Trinajstić information content (AvgIpc) is 2.46. The van der Waals surface area contributed by atoms with Crippen LogP contribution in [0.5, 0.6) is 11.6 Å². The zero-order chi connectivity index (χ0) is 14.8. The second-order valence-corrected chi connectivity index (χ2v) is 4.22. The number of nitrogens with two attached hydrogens (primary N) is 1. The highest BCUT2D eigenvalue weighted by atomic mass is 19.1. The van der Waals surface area contributed by atoms with Gasteiger partial charge in [-0.1, -0.05) is 12.1 Å². The van der Waals surface area contributed by atoms with Gasteiger partial charge in [0.15, 0.2) is 0 Å². The summed E-state index contributed by atoms with van der Waals surface area (Å²) in [6.45, 7) is 0. The Balaban J connectivity index is 2.10. The number of aromatic nitrogens is 2. The molecule has 3 rings (SSSR count). The fourth-order valence-corrected chi connectivity index (χ4v) is 1.89. The smallest absolute Gasteiger partial charge is 0.241 e. The van der Waals surface area contributed by atoms with E-state index in [0.29, 0.717) is 10.9 Å². The molecule has 0 aliphatic carbocycles. The highest BCUT2D eigenvalue weighted by Crippen LogP contribution is 2.29. The summed E-state index contributed by atoms with van der Waals surface area (Å²) in [5.41, 5.74) is 2.91. The van der Waals surface area contributed by atoms with Crippen molar-refractivity contribution in [3.05, 3.63) is 54.1 Å². The Morgan fingerprint density at radius 3 is 2.43 bits per heavy atom. The van der Waals surface area contributed by atoms with Crippen LogP contribution in [0.4, 0.5) is 14.7 Å². The number of halogens is 2. The molecular weight excluding hydrogens is 278 g/mol. The van der Waals surface area contributed by atoms with Gasteiger partial charge in [0.25, 0.3) is 0 Å². The first-order valence-electron chi connectivity index (χ1n) is 6.03. The van der Waals surface area contributed by atoms with Crippen LogP contribution in [0.25, 0.3) is 10.9 Å². The lowest BCUT2D eigenvalue weighted by Gasteiger charge is -2.09. The highest BCUT2D eigenvalue weighted by molar-refractivity contribution is 5.84. The van der Waals surface area contributed by atoms with Crippen molar-refractivity contribution in [2.45, 2.75) is 0 Å². The fraction of sp³-hybridized carbons (Fsp3) is 0. The largest absolute Gasteiger partial charge is 0.438 e. The van der Waals surface area contributed by atoms with Crippen LogP contribution in [0.2, 0.25) is 0 Å². The maximum absolute atomic E-state index is 13.2. The van der Waals surface area contributed by atoms with Gasteiger partial charge in [0.05, 0.1) is 10.9 Å². The first-order valence-corrected chi connectivity index (χ1v) is 6.03. The zero-order valence-corrected chi connectivity index (χ0v) is 10.7. The van der Waals surface area contributed by atoms with E-state index in [1.54, 1.807) is 24.3 Å². The number of ether oxygens (including phenoxy) is 1.